The topological polar surface area (TPSA) is 88.0 Å². The lowest BCUT2D eigenvalue weighted by Gasteiger charge is -2.14. The van der Waals surface area contributed by atoms with E-state index in [0.29, 0.717) is 25.1 Å². The van der Waals surface area contributed by atoms with Gasteiger partial charge in [0.1, 0.15) is 0 Å². The molecule has 138 valence electrons. The molecule has 1 aliphatic heterocycles. The van der Waals surface area contributed by atoms with E-state index in [-0.39, 0.29) is 6.03 Å². The molecule has 0 saturated carbocycles. The summed E-state index contributed by atoms with van der Waals surface area (Å²) in [6.45, 7) is 5.51. The largest absolute Gasteiger partial charge is 0.336 e. The lowest BCUT2D eigenvalue weighted by Crippen LogP contribution is -2.27. The number of nitrogens with one attached hydrogen (secondary N) is 2. The molecule has 0 spiro atoms. The van der Waals surface area contributed by atoms with Crippen molar-refractivity contribution in [3.63, 3.8) is 0 Å². The van der Waals surface area contributed by atoms with Gasteiger partial charge < -0.3 is 10.6 Å². The number of carbonyl (C=O) groups excluding carboxylic acids is 1. The zero-order valence-corrected chi connectivity index (χ0v) is 15.3. The number of nitrogens with zero attached hydrogens (tertiary/aromatic N) is 5. The average Bonchev–Trinajstić information content (AvgIpc) is 3.31. The molecule has 0 radical (unpaired) electrons. The van der Waals surface area contributed by atoms with Gasteiger partial charge in [-0.3, -0.25) is 9.58 Å². The Kier molecular flexibility index (Phi) is 4.45. The molecule has 3 heterocycles. The van der Waals surface area contributed by atoms with Crippen molar-refractivity contribution in [3.05, 3.63) is 48.9 Å². The van der Waals surface area contributed by atoms with Crippen LogP contribution in [0.3, 0.4) is 0 Å². The summed E-state index contributed by atoms with van der Waals surface area (Å²) in [5.74, 6) is 0.513. The molecule has 1 aliphatic rings. The van der Waals surface area contributed by atoms with Crippen LogP contribution in [0.4, 0.5) is 22.1 Å². The van der Waals surface area contributed by atoms with Gasteiger partial charge in [0.2, 0.25) is 5.95 Å². The van der Waals surface area contributed by atoms with E-state index >= 15 is 0 Å². The van der Waals surface area contributed by atoms with Crippen molar-refractivity contribution in [2.24, 2.45) is 0 Å². The van der Waals surface area contributed by atoms with Crippen LogP contribution in [0.5, 0.6) is 0 Å². The van der Waals surface area contributed by atoms with Gasteiger partial charge >= 0.3 is 6.03 Å². The molecular weight excluding hydrogens is 342 g/mol. The Morgan fingerprint density at radius 1 is 1.19 bits per heavy atom. The second kappa shape index (κ2) is 7.06. The molecule has 4 rings (SSSR count). The van der Waals surface area contributed by atoms with Gasteiger partial charge in [-0.15, -0.1) is 0 Å². The SMILES string of the molecule is CC(C)n1cc(Nc2nccc(-c3ccc(N4CCNC4=O)cc3)n2)cn1. The minimum Gasteiger partial charge on any atom is -0.336 e. The molecule has 1 aromatic carbocycles. The summed E-state index contributed by atoms with van der Waals surface area (Å²) in [6, 6.07) is 9.89. The van der Waals surface area contributed by atoms with E-state index in [2.05, 4.69) is 39.5 Å². The molecule has 3 aromatic rings. The molecular formula is C19H21N7O. The fraction of sp³-hybridized carbons (Fsp3) is 0.263. The number of rotatable bonds is 5. The van der Waals surface area contributed by atoms with Gasteiger partial charge in [-0.05, 0) is 32.0 Å². The maximum absolute atomic E-state index is 11.8. The molecule has 0 atom stereocenters. The van der Waals surface area contributed by atoms with Crippen LogP contribution >= 0.6 is 0 Å². The highest BCUT2D eigenvalue weighted by Gasteiger charge is 2.20. The smallest absolute Gasteiger partial charge is 0.321 e. The van der Waals surface area contributed by atoms with Crippen molar-refractivity contribution >= 4 is 23.4 Å². The third-order valence-electron chi connectivity index (χ3n) is 4.37. The second-order valence-electron chi connectivity index (χ2n) is 6.62. The first kappa shape index (κ1) is 17.0. The number of urea groups is 1. The molecule has 1 fully saturated rings. The number of hydrogen-bond donors (Lipinski definition) is 2. The minimum atomic E-state index is -0.0572. The van der Waals surface area contributed by atoms with Crippen LogP contribution < -0.4 is 15.5 Å². The molecule has 1 saturated heterocycles. The van der Waals surface area contributed by atoms with Gasteiger partial charge in [0.05, 0.1) is 17.6 Å². The van der Waals surface area contributed by atoms with Crippen LogP contribution in [0.25, 0.3) is 11.3 Å². The number of benzene rings is 1. The van der Waals surface area contributed by atoms with Crippen molar-refractivity contribution in [3.8, 4) is 11.3 Å². The van der Waals surface area contributed by atoms with E-state index in [1.54, 1.807) is 17.3 Å². The van der Waals surface area contributed by atoms with Crippen LogP contribution in [0.1, 0.15) is 19.9 Å². The van der Waals surface area contributed by atoms with E-state index in [4.69, 9.17) is 0 Å². The summed E-state index contributed by atoms with van der Waals surface area (Å²) < 4.78 is 1.87. The van der Waals surface area contributed by atoms with Crippen molar-refractivity contribution in [1.82, 2.24) is 25.1 Å². The van der Waals surface area contributed by atoms with Crippen LogP contribution in [-0.2, 0) is 0 Å². The van der Waals surface area contributed by atoms with Crippen LogP contribution in [-0.4, -0.2) is 38.9 Å². The van der Waals surface area contributed by atoms with Crippen molar-refractivity contribution in [1.29, 1.82) is 0 Å². The van der Waals surface area contributed by atoms with Gasteiger partial charge in [0.25, 0.3) is 0 Å². The predicted molar refractivity (Wildman–Crippen MR) is 104 cm³/mol. The van der Waals surface area contributed by atoms with Crippen LogP contribution in [0.2, 0.25) is 0 Å². The van der Waals surface area contributed by atoms with Crippen molar-refractivity contribution < 1.29 is 4.79 Å². The first-order valence-corrected chi connectivity index (χ1v) is 8.90. The summed E-state index contributed by atoms with van der Waals surface area (Å²) in [5.41, 5.74) is 3.49. The Labute approximate surface area is 157 Å². The molecule has 8 heteroatoms. The minimum absolute atomic E-state index is 0.0572. The lowest BCUT2D eigenvalue weighted by molar-refractivity contribution is 0.252. The van der Waals surface area contributed by atoms with Crippen molar-refractivity contribution in [2.45, 2.75) is 19.9 Å². The summed E-state index contributed by atoms with van der Waals surface area (Å²) in [6.07, 6.45) is 5.40. The number of amides is 2. The maximum atomic E-state index is 11.8. The molecule has 0 aliphatic carbocycles. The predicted octanol–water partition coefficient (Wildman–Crippen LogP) is 3.19. The first-order chi connectivity index (χ1) is 13.1. The highest BCUT2D eigenvalue weighted by molar-refractivity contribution is 5.94. The molecule has 2 amide bonds. The summed E-state index contributed by atoms with van der Waals surface area (Å²) >= 11 is 0. The van der Waals surface area contributed by atoms with E-state index in [0.717, 1.165) is 22.6 Å². The Morgan fingerprint density at radius 3 is 2.67 bits per heavy atom. The Bertz CT molecular complexity index is 949. The van der Waals surface area contributed by atoms with Gasteiger partial charge in [-0.25, -0.2) is 14.8 Å². The number of aromatic nitrogens is 4. The second-order valence-corrected chi connectivity index (χ2v) is 6.62. The fourth-order valence-electron chi connectivity index (χ4n) is 2.92. The Hall–Kier alpha value is -3.42. The monoisotopic (exact) mass is 363 g/mol. The molecule has 27 heavy (non-hydrogen) atoms. The van der Waals surface area contributed by atoms with E-state index < -0.39 is 0 Å². The molecule has 0 bridgehead atoms. The highest BCUT2D eigenvalue weighted by atomic mass is 16.2. The summed E-state index contributed by atoms with van der Waals surface area (Å²) in [4.78, 5) is 22.4. The molecule has 0 unspecified atom stereocenters. The van der Waals surface area contributed by atoms with Gasteiger partial charge in [0.15, 0.2) is 0 Å². The zero-order valence-electron chi connectivity index (χ0n) is 15.3. The highest BCUT2D eigenvalue weighted by Crippen LogP contribution is 2.24. The molecule has 2 N–H and O–H groups in total. The average molecular weight is 363 g/mol. The molecule has 8 nitrogen and oxygen atoms in total. The van der Waals surface area contributed by atoms with E-state index in [1.165, 1.54) is 0 Å². The fourth-order valence-corrected chi connectivity index (χ4v) is 2.92. The van der Waals surface area contributed by atoms with Gasteiger partial charge in [0, 0.05) is 42.8 Å². The maximum Gasteiger partial charge on any atom is 0.321 e. The molecule has 2 aromatic heterocycles. The quantitative estimate of drug-likeness (QED) is 0.727. The normalized spacial score (nSPS) is 13.9. The first-order valence-electron chi connectivity index (χ1n) is 8.90. The van der Waals surface area contributed by atoms with Crippen molar-refractivity contribution in [2.75, 3.05) is 23.3 Å². The van der Waals surface area contributed by atoms with Crippen LogP contribution in [0, 0.1) is 0 Å². The van der Waals surface area contributed by atoms with Gasteiger partial charge in [-0.2, -0.15) is 5.10 Å². The van der Waals surface area contributed by atoms with Gasteiger partial charge in [-0.1, -0.05) is 12.1 Å². The Morgan fingerprint density at radius 2 is 2.00 bits per heavy atom. The third-order valence-corrected chi connectivity index (χ3v) is 4.37. The standard InChI is InChI=1S/C19H21N7O/c1-13(2)26-12-15(11-22-26)23-18-20-8-7-17(24-18)14-3-5-16(6-4-14)25-10-9-21-19(25)27/h3-8,11-13H,9-10H2,1-2H3,(H,21,27)(H,20,23,24). The number of hydrogen-bond acceptors (Lipinski definition) is 5. The lowest BCUT2D eigenvalue weighted by atomic mass is 10.1. The zero-order chi connectivity index (χ0) is 18.8. The van der Waals surface area contributed by atoms with E-state index in [1.807, 2.05) is 41.2 Å². The summed E-state index contributed by atoms with van der Waals surface area (Å²) in [7, 11) is 0. The van der Waals surface area contributed by atoms with Crippen LogP contribution in [0.15, 0.2) is 48.9 Å². The number of carbonyl (C=O) groups is 1. The van der Waals surface area contributed by atoms with E-state index in [9.17, 15) is 4.79 Å². The summed E-state index contributed by atoms with van der Waals surface area (Å²) in [5, 5.41) is 10.3. The number of anilines is 3. The third kappa shape index (κ3) is 3.59. The Balaban J connectivity index is 1.52.